The molecule has 1 aliphatic heterocycles. The van der Waals surface area contributed by atoms with Crippen LogP contribution in [0.5, 0.6) is 11.6 Å². The van der Waals surface area contributed by atoms with Gasteiger partial charge < -0.3 is 14.1 Å². The second-order valence-electron chi connectivity index (χ2n) is 9.60. The molecule has 9 heteroatoms. The van der Waals surface area contributed by atoms with Gasteiger partial charge in [0, 0.05) is 24.3 Å². The smallest absolute Gasteiger partial charge is 0.344 e. The fourth-order valence-electron chi connectivity index (χ4n) is 5.45. The highest BCUT2D eigenvalue weighted by Crippen LogP contribution is 2.49. The Morgan fingerprint density at radius 2 is 1.70 bits per heavy atom. The number of fused-ring (bicyclic) bond motifs is 6. The molecule has 0 saturated heterocycles. The third-order valence-corrected chi connectivity index (χ3v) is 7.42. The molecule has 40 heavy (non-hydrogen) atoms. The van der Waals surface area contributed by atoms with Gasteiger partial charge in [-0.15, -0.1) is 5.10 Å². The van der Waals surface area contributed by atoms with Crippen LogP contribution in [0.2, 0.25) is 0 Å². The average molecular weight is 534 g/mol. The zero-order chi connectivity index (χ0) is 27.4. The zero-order valence-electron chi connectivity index (χ0n) is 21.8. The number of nitrogens with zero attached hydrogens (tertiary/aromatic N) is 5. The summed E-state index contributed by atoms with van der Waals surface area (Å²) in [7, 11) is 0. The van der Waals surface area contributed by atoms with Crippen LogP contribution in [-0.4, -0.2) is 32.7 Å². The van der Waals surface area contributed by atoms with Gasteiger partial charge in [-0.25, -0.2) is 23.7 Å². The van der Waals surface area contributed by atoms with Crippen LogP contribution in [0, 0.1) is 5.82 Å². The van der Waals surface area contributed by atoms with Crippen molar-refractivity contribution >= 4 is 22.3 Å². The first-order valence-corrected chi connectivity index (χ1v) is 13.2. The van der Waals surface area contributed by atoms with Gasteiger partial charge in [0.2, 0.25) is 5.88 Å². The molecule has 6 aromatic rings. The minimum absolute atomic E-state index is 0.339. The van der Waals surface area contributed by atoms with Gasteiger partial charge in [0.1, 0.15) is 17.7 Å². The molecule has 3 aromatic carbocycles. The number of aromatic nitrogens is 4. The van der Waals surface area contributed by atoms with E-state index in [9.17, 15) is 9.18 Å². The maximum atomic E-state index is 13.6. The second-order valence-corrected chi connectivity index (χ2v) is 9.60. The molecule has 0 spiro atoms. The quantitative estimate of drug-likeness (QED) is 0.245. The van der Waals surface area contributed by atoms with Gasteiger partial charge in [-0.2, -0.15) is 0 Å². The predicted molar refractivity (Wildman–Crippen MR) is 150 cm³/mol. The monoisotopic (exact) mass is 533 g/mol. The van der Waals surface area contributed by atoms with Crippen LogP contribution in [0.1, 0.15) is 36.5 Å². The highest BCUT2D eigenvalue weighted by molar-refractivity contribution is 5.87. The number of benzene rings is 3. The molecule has 7 rings (SSSR count). The van der Waals surface area contributed by atoms with Gasteiger partial charge in [0.15, 0.2) is 17.2 Å². The van der Waals surface area contributed by atoms with Gasteiger partial charge in [-0.3, -0.25) is 0 Å². The first-order chi connectivity index (χ1) is 19.6. The lowest BCUT2D eigenvalue weighted by Crippen LogP contribution is -2.23. The SMILES string of the molecule is CCN(CC)c1ccc(C2c3c(c4ccccc4oc3=O)Oc3ncn4nc(-c5ccc(F)cc5)nc4c32)cc1. The van der Waals surface area contributed by atoms with Crippen LogP contribution < -0.4 is 15.3 Å². The summed E-state index contributed by atoms with van der Waals surface area (Å²) in [6.07, 6.45) is 1.54. The molecule has 1 atom stereocenters. The molecule has 0 radical (unpaired) electrons. The van der Waals surface area contributed by atoms with E-state index < -0.39 is 11.5 Å². The van der Waals surface area contributed by atoms with Gasteiger partial charge in [0.05, 0.1) is 22.4 Å². The third kappa shape index (κ3) is 3.73. The molecule has 4 heterocycles. The van der Waals surface area contributed by atoms with Crippen LogP contribution >= 0.6 is 0 Å². The number of ether oxygens (including phenoxy) is 1. The van der Waals surface area contributed by atoms with Crippen molar-refractivity contribution < 1.29 is 13.5 Å². The van der Waals surface area contributed by atoms with E-state index >= 15 is 0 Å². The summed E-state index contributed by atoms with van der Waals surface area (Å²) < 4.78 is 27.3. The highest BCUT2D eigenvalue weighted by Gasteiger charge is 2.37. The molecule has 0 bridgehead atoms. The van der Waals surface area contributed by atoms with Crippen molar-refractivity contribution in [3.05, 3.63) is 112 Å². The molecule has 3 aromatic heterocycles. The number of anilines is 1. The Labute approximate surface area is 228 Å². The molecular weight excluding hydrogens is 509 g/mol. The molecule has 1 aliphatic rings. The van der Waals surface area contributed by atoms with Gasteiger partial charge in [0.25, 0.3) is 0 Å². The Hall–Kier alpha value is -5.05. The van der Waals surface area contributed by atoms with Crippen LogP contribution in [0.4, 0.5) is 10.1 Å². The Morgan fingerprint density at radius 3 is 2.45 bits per heavy atom. The van der Waals surface area contributed by atoms with Crippen molar-refractivity contribution in [3.8, 4) is 23.0 Å². The minimum Gasteiger partial charge on any atom is -0.437 e. The molecule has 0 fully saturated rings. The summed E-state index contributed by atoms with van der Waals surface area (Å²) in [4.78, 5) is 25.2. The standard InChI is InChI=1S/C31H24FN5O3/c1-3-36(4-2)21-15-11-18(12-16-21)24-25-27(22-7-5-6-8-23(22)39-31(25)38)40-30-26(24)29-34-28(35-37(29)17-33-30)19-9-13-20(32)14-10-19/h5-17,24H,3-4H2,1-2H3. The molecule has 0 saturated carbocycles. The Bertz CT molecular complexity index is 1940. The van der Waals surface area contributed by atoms with Gasteiger partial charge in [-0.05, 0) is 67.9 Å². The number of rotatable bonds is 5. The summed E-state index contributed by atoms with van der Waals surface area (Å²) in [6.45, 7) is 5.99. The lowest BCUT2D eigenvalue weighted by molar-refractivity contribution is 0.422. The molecular formula is C31H24FN5O3. The number of halogens is 1. The first kappa shape index (κ1) is 24.0. The largest absolute Gasteiger partial charge is 0.437 e. The minimum atomic E-state index is -0.577. The average Bonchev–Trinajstić information content (AvgIpc) is 3.42. The van der Waals surface area contributed by atoms with Gasteiger partial charge in [-0.1, -0.05) is 24.3 Å². The van der Waals surface area contributed by atoms with E-state index in [1.807, 2.05) is 30.3 Å². The van der Waals surface area contributed by atoms with E-state index in [1.165, 1.54) is 18.5 Å². The van der Waals surface area contributed by atoms with Crippen molar-refractivity contribution in [3.63, 3.8) is 0 Å². The van der Waals surface area contributed by atoms with Crippen LogP contribution in [0.15, 0.2) is 88.3 Å². The molecule has 1 unspecified atom stereocenters. The van der Waals surface area contributed by atoms with Crippen molar-refractivity contribution in [1.82, 2.24) is 19.6 Å². The number of hydrogen-bond donors (Lipinski definition) is 0. The molecule has 0 N–H and O–H groups in total. The van der Waals surface area contributed by atoms with E-state index in [2.05, 4.69) is 41.0 Å². The fourth-order valence-corrected chi connectivity index (χ4v) is 5.45. The molecule has 0 amide bonds. The first-order valence-electron chi connectivity index (χ1n) is 13.2. The van der Waals surface area contributed by atoms with E-state index in [0.29, 0.717) is 50.8 Å². The molecule has 0 aliphatic carbocycles. The summed E-state index contributed by atoms with van der Waals surface area (Å²) in [5, 5.41) is 5.28. The predicted octanol–water partition coefficient (Wildman–Crippen LogP) is 6.17. The van der Waals surface area contributed by atoms with Gasteiger partial charge >= 0.3 is 5.63 Å². The van der Waals surface area contributed by atoms with E-state index in [0.717, 1.165) is 24.3 Å². The molecule has 198 valence electrons. The normalized spacial score (nSPS) is 14.1. The van der Waals surface area contributed by atoms with E-state index in [-0.39, 0.29) is 5.82 Å². The summed E-state index contributed by atoms with van der Waals surface area (Å²) in [5.74, 6) is 0.247. The topological polar surface area (TPSA) is 85.8 Å². The second kappa shape index (κ2) is 9.30. The van der Waals surface area contributed by atoms with Crippen LogP contribution in [0.3, 0.4) is 0 Å². The van der Waals surface area contributed by atoms with Crippen molar-refractivity contribution in [2.75, 3.05) is 18.0 Å². The number of para-hydroxylation sites is 1. The lowest BCUT2D eigenvalue weighted by Gasteiger charge is -2.28. The highest BCUT2D eigenvalue weighted by atomic mass is 19.1. The van der Waals surface area contributed by atoms with Crippen molar-refractivity contribution in [2.24, 2.45) is 0 Å². The maximum absolute atomic E-state index is 13.6. The van der Waals surface area contributed by atoms with Crippen molar-refractivity contribution in [2.45, 2.75) is 19.8 Å². The van der Waals surface area contributed by atoms with Crippen LogP contribution in [0.25, 0.3) is 28.0 Å². The Kier molecular flexibility index (Phi) is 5.59. The van der Waals surface area contributed by atoms with E-state index in [4.69, 9.17) is 14.1 Å². The Morgan fingerprint density at radius 1 is 0.950 bits per heavy atom. The maximum Gasteiger partial charge on any atom is 0.344 e. The third-order valence-electron chi connectivity index (χ3n) is 7.42. The molecule has 8 nitrogen and oxygen atoms in total. The summed E-state index contributed by atoms with van der Waals surface area (Å²) in [6, 6.07) is 21.4. The van der Waals surface area contributed by atoms with Crippen molar-refractivity contribution in [1.29, 1.82) is 0 Å². The fraction of sp³-hybridized carbons (Fsp3) is 0.161. The Balaban J connectivity index is 1.48. The summed E-state index contributed by atoms with van der Waals surface area (Å²) in [5.41, 5.74) is 4.03. The van der Waals surface area contributed by atoms with Crippen LogP contribution in [-0.2, 0) is 0 Å². The summed E-state index contributed by atoms with van der Waals surface area (Å²) >= 11 is 0. The lowest BCUT2D eigenvalue weighted by atomic mass is 9.84. The van der Waals surface area contributed by atoms with E-state index in [1.54, 1.807) is 22.7 Å². The zero-order valence-corrected chi connectivity index (χ0v) is 21.8. The number of hydrogen-bond acceptors (Lipinski definition) is 7.